The predicted octanol–water partition coefficient (Wildman–Crippen LogP) is 2.49. The van der Waals surface area contributed by atoms with Gasteiger partial charge in [-0.1, -0.05) is 6.92 Å². The summed E-state index contributed by atoms with van der Waals surface area (Å²) in [6.07, 6.45) is 0.709. The summed E-state index contributed by atoms with van der Waals surface area (Å²) in [4.78, 5) is 10.3. The van der Waals surface area contributed by atoms with Crippen molar-refractivity contribution in [2.75, 3.05) is 0 Å². The van der Waals surface area contributed by atoms with Crippen LogP contribution in [0.25, 0.3) is 0 Å². The zero-order valence-electron chi connectivity index (χ0n) is 8.53. The summed E-state index contributed by atoms with van der Waals surface area (Å²) in [7, 11) is 0. The molecule has 1 N–H and O–H groups in total. The maximum Gasteiger partial charge on any atom is 0.103 e. The predicted molar refractivity (Wildman–Crippen MR) is 50.0 cm³/mol. The summed E-state index contributed by atoms with van der Waals surface area (Å²) in [6.45, 7) is 7.57. The third kappa shape index (κ3) is 1.46. The van der Waals surface area contributed by atoms with Gasteiger partial charge in [-0.05, 0) is 38.3 Å². The third-order valence-electron chi connectivity index (χ3n) is 3.06. The van der Waals surface area contributed by atoms with Gasteiger partial charge in [-0.15, -0.1) is 4.91 Å². The van der Waals surface area contributed by atoms with E-state index in [-0.39, 0.29) is 5.54 Å². The first-order valence-corrected chi connectivity index (χ1v) is 4.43. The van der Waals surface area contributed by atoms with Crippen LogP contribution in [0.1, 0.15) is 34.1 Å². The summed E-state index contributed by atoms with van der Waals surface area (Å²) in [6, 6.07) is 0. The minimum Gasteiger partial charge on any atom is -0.288 e. The number of hydrogen-bond donors (Lipinski definition) is 1. The standard InChI is InChI=1S/C9H16N2O2/c1-6-5-8(7(2)10-12)11(13)9(6,3)4/h6,13H,5H2,1-4H3. The highest BCUT2D eigenvalue weighted by Gasteiger charge is 2.41. The molecule has 0 aromatic carbocycles. The first-order valence-electron chi connectivity index (χ1n) is 4.43. The van der Waals surface area contributed by atoms with Crippen LogP contribution >= 0.6 is 0 Å². The van der Waals surface area contributed by atoms with Crippen LogP contribution in [0.5, 0.6) is 0 Å². The van der Waals surface area contributed by atoms with Gasteiger partial charge in [-0.2, -0.15) is 0 Å². The third-order valence-corrected chi connectivity index (χ3v) is 3.06. The van der Waals surface area contributed by atoms with E-state index in [1.54, 1.807) is 6.92 Å². The minimum atomic E-state index is -0.304. The van der Waals surface area contributed by atoms with Crippen molar-refractivity contribution in [2.45, 2.75) is 39.7 Å². The molecule has 1 fully saturated rings. The van der Waals surface area contributed by atoms with Crippen LogP contribution in [0, 0.1) is 10.8 Å². The lowest BCUT2D eigenvalue weighted by Crippen LogP contribution is -2.38. The molecule has 0 aliphatic carbocycles. The van der Waals surface area contributed by atoms with Gasteiger partial charge in [0.05, 0.1) is 11.2 Å². The van der Waals surface area contributed by atoms with E-state index in [9.17, 15) is 10.1 Å². The van der Waals surface area contributed by atoms with Crippen molar-refractivity contribution in [2.24, 2.45) is 11.1 Å². The Kier molecular flexibility index (Phi) is 2.43. The van der Waals surface area contributed by atoms with E-state index in [4.69, 9.17) is 0 Å². The fraction of sp³-hybridized carbons (Fsp3) is 0.778. The quantitative estimate of drug-likeness (QED) is 0.637. The van der Waals surface area contributed by atoms with Crippen LogP contribution in [0.3, 0.4) is 0 Å². The zero-order chi connectivity index (χ0) is 10.2. The number of nitrogens with zero attached hydrogens (tertiary/aromatic N) is 2. The lowest BCUT2D eigenvalue weighted by Gasteiger charge is -2.30. The number of rotatable bonds is 1. The van der Waals surface area contributed by atoms with E-state index in [0.29, 0.717) is 23.7 Å². The minimum absolute atomic E-state index is 0.304. The molecule has 0 radical (unpaired) electrons. The van der Waals surface area contributed by atoms with Gasteiger partial charge < -0.3 is 0 Å². The largest absolute Gasteiger partial charge is 0.288 e. The highest BCUT2D eigenvalue weighted by molar-refractivity contribution is 5.17. The van der Waals surface area contributed by atoms with Crippen LogP contribution in [-0.4, -0.2) is 15.8 Å². The van der Waals surface area contributed by atoms with Gasteiger partial charge in [-0.25, -0.2) is 0 Å². The highest BCUT2D eigenvalue weighted by atomic mass is 16.5. The van der Waals surface area contributed by atoms with Gasteiger partial charge in [0.1, 0.15) is 5.70 Å². The molecule has 1 aliphatic heterocycles. The molecule has 4 heteroatoms. The second-order valence-corrected chi connectivity index (χ2v) is 4.19. The Hall–Kier alpha value is -0.900. The highest BCUT2D eigenvalue weighted by Crippen LogP contribution is 2.40. The molecule has 74 valence electrons. The molecule has 1 rings (SSSR count). The summed E-state index contributed by atoms with van der Waals surface area (Å²) in [5.41, 5.74) is 0.716. The topological polar surface area (TPSA) is 52.9 Å². The Morgan fingerprint density at radius 3 is 2.54 bits per heavy atom. The van der Waals surface area contributed by atoms with Crippen molar-refractivity contribution in [1.29, 1.82) is 0 Å². The van der Waals surface area contributed by atoms with Crippen LogP contribution in [0.4, 0.5) is 0 Å². The lowest BCUT2D eigenvalue weighted by atomic mass is 9.91. The van der Waals surface area contributed by atoms with Crippen molar-refractivity contribution >= 4 is 0 Å². The van der Waals surface area contributed by atoms with Gasteiger partial charge >= 0.3 is 0 Å². The summed E-state index contributed by atoms with van der Waals surface area (Å²) >= 11 is 0. The Morgan fingerprint density at radius 1 is 1.69 bits per heavy atom. The zero-order valence-corrected chi connectivity index (χ0v) is 8.53. The first kappa shape index (κ1) is 10.2. The fourth-order valence-electron chi connectivity index (χ4n) is 1.54. The summed E-state index contributed by atoms with van der Waals surface area (Å²) in [5, 5.41) is 13.8. The Morgan fingerprint density at radius 2 is 2.23 bits per heavy atom. The van der Waals surface area contributed by atoms with E-state index in [2.05, 4.69) is 5.18 Å². The number of allylic oxidation sites excluding steroid dienone is 2. The molecule has 0 spiro atoms. The lowest BCUT2D eigenvalue weighted by molar-refractivity contribution is -0.121. The normalized spacial score (nSPS) is 30.5. The molecule has 1 atom stereocenters. The monoisotopic (exact) mass is 184 g/mol. The molecule has 1 aliphatic rings. The molecule has 0 aromatic heterocycles. The van der Waals surface area contributed by atoms with Crippen LogP contribution in [0.2, 0.25) is 0 Å². The average molecular weight is 184 g/mol. The number of nitroso groups, excluding NO2 is 1. The SMILES string of the molecule is CC(N=O)=C1CC(C)C(C)(C)N1O. The maximum absolute atomic E-state index is 10.3. The molecule has 1 unspecified atom stereocenters. The van der Waals surface area contributed by atoms with Crippen molar-refractivity contribution in [3.63, 3.8) is 0 Å². The van der Waals surface area contributed by atoms with E-state index in [1.165, 1.54) is 5.06 Å². The smallest absolute Gasteiger partial charge is 0.103 e. The molecule has 0 saturated carbocycles. The van der Waals surface area contributed by atoms with Gasteiger partial charge in [0.15, 0.2) is 0 Å². The Balaban J connectivity index is 3.05. The Labute approximate surface area is 78.2 Å². The van der Waals surface area contributed by atoms with Crippen molar-refractivity contribution in [3.05, 3.63) is 16.3 Å². The first-order chi connectivity index (χ1) is 5.91. The fourth-order valence-corrected chi connectivity index (χ4v) is 1.54. The van der Waals surface area contributed by atoms with Crippen molar-refractivity contribution in [3.8, 4) is 0 Å². The van der Waals surface area contributed by atoms with Crippen molar-refractivity contribution in [1.82, 2.24) is 5.06 Å². The molecular weight excluding hydrogens is 168 g/mol. The average Bonchev–Trinajstić information content (AvgIpc) is 2.28. The van der Waals surface area contributed by atoms with Gasteiger partial charge in [0.2, 0.25) is 0 Å². The van der Waals surface area contributed by atoms with E-state index >= 15 is 0 Å². The van der Waals surface area contributed by atoms with Crippen LogP contribution < -0.4 is 0 Å². The van der Waals surface area contributed by atoms with Crippen LogP contribution in [-0.2, 0) is 0 Å². The molecule has 0 amide bonds. The summed E-state index contributed by atoms with van der Waals surface area (Å²) < 4.78 is 0. The number of hydroxylamine groups is 2. The van der Waals surface area contributed by atoms with E-state index in [0.717, 1.165) is 0 Å². The second-order valence-electron chi connectivity index (χ2n) is 4.19. The molecule has 1 heterocycles. The molecule has 1 saturated heterocycles. The second kappa shape index (κ2) is 3.10. The van der Waals surface area contributed by atoms with Crippen LogP contribution in [0.15, 0.2) is 16.6 Å². The van der Waals surface area contributed by atoms with E-state index in [1.807, 2.05) is 20.8 Å². The molecule has 0 aromatic rings. The molecule has 4 nitrogen and oxygen atoms in total. The van der Waals surface area contributed by atoms with E-state index < -0.39 is 0 Å². The van der Waals surface area contributed by atoms with Crippen molar-refractivity contribution < 1.29 is 5.21 Å². The summed E-state index contributed by atoms with van der Waals surface area (Å²) in [5.74, 6) is 0.323. The molecule has 0 bridgehead atoms. The maximum atomic E-state index is 10.3. The Bertz CT molecular complexity index is 258. The number of hydrogen-bond acceptors (Lipinski definition) is 4. The molecule has 13 heavy (non-hydrogen) atoms. The van der Waals surface area contributed by atoms with Gasteiger partial charge in [0, 0.05) is 0 Å². The van der Waals surface area contributed by atoms with Gasteiger partial charge in [-0.3, -0.25) is 10.3 Å². The molecular formula is C9H16N2O2. The van der Waals surface area contributed by atoms with Gasteiger partial charge in [0.25, 0.3) is 0 Å².